The predicted octanol–water partition coefficient (Wildman–Crippen LogP) is 3.35. The first-order chi connectivity index (χ1) is 14.0. The van der Waals surface area contributed by atoms with E-state index in [0.717, 1.165) is 21.7 Å². The number of hydrogen-bond donors (Lipinski definition) is 1. The van der Waals surface area contributed by atoms with Gasteiger partial charge in [0.25, 0.3) is 0 Å². The number of benzene rings is 2. The minimum Gasteiger partial charge on any atom is -0.493 e. The molecule has 8 heteroatoms. The van der Waals surface area contributed by atoms with E-state index in [2.05, 4.69) is 5.32 Å². The van der Waals surface area contributed by atoms with Crippen LogP contribution in [0, 0.1) is 13.8 Å². The maximum absolute atomic E-state index is 12.9. The summed E-state index contributed by atoms with van der Waals surface area (Å²) in [4.78, 5) is 12.9. The molecule has 0 aliphatic carbocycles. The first-order valence-electron chi connectivity index (χ1n) is 9.58. The van der Waals surface area contributed by atoms with Crippen LogP contribution in [-0.2, 0) is 14.8 Å². The maximum atomic E-state index is 12.9. The summed E-state index contributed by atoms with van der Waals surface area (Å²) in [5, 5.41) is 2.92. The molecule has 2 rings (SSSR count). The molecular weight excluding hydrogens is 404 g/mol. The smallest absolute Gasteiger partial charge is 0.244 e. The highest BCUT2D eigenvalue weighted by Gasteiger charge is 2.30. The fraction of sp³-hybridized carbons (Fsp3) is 0.409. The molecule has 0 radical (unpaired) electrons. The molecule has 0 saturated carbocycles. The van der Waals surface area contributed by atoms with E-state index in [1.165, 1.54) is 25.8 Å². The summed E-state index contributed by atoms with van der Waals surface area (Å²) in [6.07, 6.45) is 1.07. The van der Waals surface area contributed by atoms with Gasteiger partial charge in [0.2, 0.25) is 15.9 Å². The van der Waals surface area contributed by atoms with Crippen LogP contribution in [0.3, 0.4) is 0 Å². The summed E-state index contributed by atoms with van der Waals surface area (Å²) in [5.74, 6) is 0.441. The number of rotatable bonds is 8. The normalized spacial score (nSPS) is 13.3. The van der Waals surface area contributed by atoms with Gasteiger partial charge in [0.15, 0.2) is 11.5 Å². The number of sulfonamides is 1. The summed E-state index contributed by atoms with van der Waals surface area (Å²) < 4.78 is 36.7. The van der Waals surface area contributed by atoms with Crippen molar-refractivity contribution in [1.82, 2.24) is 5.32 Å². The average Bonchev–Trinajstić information content (AvgIpc) is 2.68. The lowest BCUT2D eigenvalue weighted by Crippen LogP contribution is -2.48. The van der Waals surface area contributed by atoms with Gasteiger partial charge in [-0.05, 0) is 56.5 Å². The molecule has 30 heavy (non-hydrogen) atoms. The lowest BCUT2D eigenvalue weighted by atomic mass is 10.0. The first-order valence-corrected chi connectivity index (χ1v) is 11.4. The number of carbonyl (C=O) groups excluding carboxylic acids is 1. The molecule has 7 nitrogen and oxygen atoms in total. The number of anilines is 1. The van der Waals surface area contributed by atoms with Crippen molar-refractivity contribution in [2.75, 3.05) is 24.8 Å². The quantitative estimate of drug-likeness (QED) is 0.689. The van der Waals surface area contributed by atoms with Gasteiger partial charge < -0.3 is 14.8 Å². The molecule has 0 bridgehead atoms. The Bertz CT molecular complexity index is 1020. The monoisotopic (exact) mass is 434 g/mol. The second-order valence-electron chi connectivity index (χ2n) is 7.35. The zero-order chi connectivity index (χ0) is 22.6. The van der Waals surface area contributed by atoms with Gasteiger partial charge in [0, 0.05) is 6.07 Å². The number of nitrogens with zero attached hydrogens (tertiary/aromatic N) is 1. The van der Waals surface area contributed by atoms with Crippen LogP contribution >= 0.6 is 0 Å². The van der Waals surface area contributed by atoms with Crippen molar-refractivity contribution in [1.29, 1.82) is 0 Å². The molecule has 0 saturated heterocycles. The topological polar surface area (TPSA) is 84.9 Å². The second kappa shape index (κ2) is 9.38. The van der Waals surface area contributed by atoms with E-state index in [4.69, 9.17) is 9.47 Å². The Kier molecular flexibility index (Phi) is 7.36. The van der Waals surface area contributed by atoms with Crippen LogP contribution in [0.25, 0.3) is 0 Å². The summed E-state index contributed by atoms with van der Waals surface area (Å²) in [6, 6.07) is 9.47. The lowest BCUT2D eigenvalue weighted by molar-refractivity contribution is -0.122. The highest BCUT2D eigenvalue weighted by atomic mass is 32.2. The number of ether oxygens (including phenoxy) is 2. The number of hydrogen-bond acceptors (Lipinski definition) is 5. The van der Waals surface area contributed by atoms with Crippen molar-refractivity contribution < 1.29 is 22.7 Å². The van der Waals surface area contributed by atoms with Gasteiger partial charge >= 0.3 is 0 Å². The van der Waals surface area contributed by atoms with Crippen LogP contribution in [0.15, 0.2) is 36.4 Å². The van der Waals surface area contributed by atoms with E-state index in [0.29, 0.717) is 17.2 Å². The third kappa shape index (κ3) is 5.24. The zero-order valence-corrected chi connectivity index (χ0v) is 19.3. The largest absolute Gasteiger partial charge is 0.493 e. The van der Waals surface area contributed by atoms with Gasteiger partial charge in [0.1, 0.15) is 6.04 Å². The van der Waals surface area contributed by atoms with Crippen molar-refractivity contribution in [2.45, 2.75) is 39.8 Å². The Morgan fingerprint density at radius 3 is 2.13 bits per heavy atom. The van der Waals surface area contributed by atoms with Crippen molar-refractivity contribution in [3.63, 3.8) is 0 Å². The van der Waals surface area contributed by atoms with Crippen LogP contribution < -0.4 is 19.1 Å². The van der Waals surface area contributed by atoms with Crippen LogP contribution in [0.4, 0.5) is 5.69 Å². The Labute approximate surface area is 179 Å². The molecule has 1 N–H and O–H groups in total. The third-order valence-corrected chi connectivity index (χ3v) is 6.34. The van der Waals surface area contributed by atoms with Crippen LogP contribution in [0.2, 0.25) is 0 Å². The molecule has 2 aromatic rings. The second-order valence-corrected chi connectivity index (χ2v) is 9.21. The maximum Gasteiger partial charge on any atom is 0.244 e. The summed E-state index contributed by atoms with van der Waals surface area (Å²) >= 11 is 0. The average molecular weight is 435 g/mol. The van der Waals surface area contributed by atoms with E-state index in [1.807, 2.05) is 39.0 Å². The van der Waals surface area contributed by atoms with E-state index < -0.39 is 22.0 Å². The molecule has 0 aliphatic rings. The lowest BCUT2D eigenvalue weighted by Gasteiger charge is -2.29. The van der Waals surface area contributed by atoms with Gasteiger partial charge in [0.05, 0.1) is 32.2 Å². The number of amides is 1. The fourth-order valence-corrected chi connectivity index (χ4v) is 4.39. The minimum atomic E-state index is -3.74. The molecule has 0 fully saturated rings. The zero-order valence-electron chi connectivity index (χ0n) is 18.5. The molecule has 2 atom stereocenters. The van der Waals surface area contributed by atoms with Gasteiger partial charge in [-0.25, -0.2) is 8.42 Å². The van der Waals surface area contributed by atoms with Gasteiger partial charge in [-0.15, -0.1) is 0 Å². The Morgan fingerprint density at radius 1 is 0.967 bits per heavy atom. The van der Waals surface area contributed by atoms with E-state index in [9.17, 15) is 13.2 Å². The van der Waals surface area contributed by atoms with Crippen molar-refractivity contribution in [3.05, 3.63) is 53.1 Å². The highest BCUT2D eigenvalue weighted by Crippen LogP contribution is 2.33. The highest BCUT2D eigenvalue weighted by molar-refractivity contribution is 7.92. The predicted molar refractivity (Wildman–Crippen MR) is 119 cm³/mol. The molecule has 164 valence electrons. The van der Waals surface area contributed by atoms with Gasteiger partial charge in [-0.1, -0.05) is 18.2 Å². The number of nitrogens with one attached hydrogen (secondary N) is 1. The Balaban J connectivity index is 2.32. The number of carbonyl (C=O) groups is 1. The van der Waals surface area contributed by atoms with Crippen molar-refractivity contribution in [3.8, 4) is 11.5 Å². The van der Waals surface area contributed by atoms with Crippen molar-refractivity contribution in [2.24, 2.45) is 0 Å². The molecule has 2 aromatic carbocycles. The minimum absolute atomic E-state index is 0.272. The molecule has 0 heterocycles. The van der Waals surface area contributed by atoms with Crippen LogP contribution in [0.5, 0.6) is 11.5 Å². The molecule has 1 amide bonds. The number of aryl methyl sites for hydroxylation is 2. The van der Waals surface area contributed by atoms with E-state index in [1.54, 1.807) is 19.1 Å². The molecule has 0 aromatic heterocycles. The third-order valence-electron chi connectivity index (χ3n) is 5.10. The molecule has 0 spiro atoms. The fourth-order valence-electron chi connectivity index (χ4n) is 3.22. The molecule has 0 aliphatic heterocycles. The van der Waals surface area contributed by atoms with E-state index >= 15 is 0 Å². The van der Waals surface area contributed by atoms with E-state index in [-0.39, 0.29) is 6.04 Å². The molecular formula is C22H30N2O5S. The standard InChI is InChI=1S/C22H30N2O5S/c1-14-8-9-18(12-15(14)2)16(3)23-22(25)17(4)24(30(7,26)27)19-10-11-20(28-5)21(13-19)29-6/h8-13,16-17H,1-7H3,(H,23,25)/t16-,17+/m0/s1. The van der Waals surface area contributed by atoms with Gasteiger partial charge in [-0.3, -0.25) is 9.10 Å². The molecule has 0 unspecified atom stereocenters. The Morgan fingerprint density at radius 2 is 1.60 bits per heavy atom. The SMILES string of the molecule is COc1ccc(N([C@H](C)C(=O)N[C@@H](C)c2ccc(C)c(C)c2)S(C)(=O)=O)cc1OC. The van der Waals surface area contributed by atoms with Crippen LogP contribution in [0.1, 0.15) is 36.6 Å². The summed E-state index contributed by atoms with van der Waals surface area (Å²) in [5.41, 5.74) is 3.57. The first kappa shape index (κ1) is 23.5. The number of methoxy groups -OCH3 is 2. The summed E-state index contributed by atoms with van der Waals surface area (Å²) in [6.45, 7) is 7.46. The Hall–Kier alpha value is -2.74. The van der Waals surface area contributed by atoms with Gasteiger partial charge in [-0.2, -0.15) is 0 Å². The summed E-state index contributed by atoms with van der Waals surface area (Å²) in [7, 11) is -0.781. The van der Waals surface area contributed by atoms with Crippen molar-refractivity contribution >= 4 is 21.6 Å². The van der Waals surface area contributed by atoms with Crippen LogP contribution in [-0.4, -0.2) is 40.8 Å².